The smallest absolute Gasteiger partial charge is 0.190 e. The Morgan fingerprint density at radius 3 is 2.54 bits per heavy atom. The first kappa shape index (κ1) is 20.2. The van der Waals surface area contributed by atoms with E-state index in [0.717, 1.165) is 5.57 Å². The fourth-order valence-electron chi connectivity index (χ4n) is 4.49. The highest BCUT2D eigenvalue weighted by Gasteiger charge is 2.59. The number of halogens is 2. The van der Waals surface area contributed by atoms with Gasteiger partial charge in [-0.2, -0.15) is 15.8 Å². The molecule has 1 heterocycles. The second kappa shape index (κ2) is 7.47. The van der Waals surface area contributed by atoms with Gasteiger partial charge >= 0.3 is 0 Å². The van der Waals surface area contributed by atoms with Crippen LogP contribution in [0.4, 0.5) is 4.39 Å². The van der Waals surface area contributed by atoms with Gasteiger partial charge in [-0.15, -0.1) is 0 Å². The average molecular weight is 441 g/mol. The van der Waals surface area contributed by atoms with Gasteiger partial charge in [0.15, 0.2) is 5.41 Å². The number of nitrogens with zero attached hydrogens (tertiary/aromatic N) is 3. The molecule has 1 aromatic rings. The SMILES string of the molecule is CC(C)[NH+]1CC=C2C(C#N)C(=N)C(C#N)(C#N)[C@@H](c3cc(Br)ccc3F)[C@H]2C1. The number of nitriles is 3. The standard InChI is InChI=1S/C21H19BrFN5/c1-12(2)28-6-5-14-16(8-24)20(27)21(10-25,11-26)19(17(14)9-28)15-7-13(22)3-4-18(15)23/h3-5,7,12,16-17,19,27H,6,9H2,1-2H3/p+1/t16?,17-,19-/m0/s1. The van der Waals surface area contributed by atoms with E-state index in [-0.39, 0.29) is 17.2 Å². The lowest BCUT2D eigenvalue weighted by atomic mass is 9.54. The second-order valence-corrected chi connectivity index (χ2v) is 8.60. The van der Waals surface area contributed by atoms with E-state index >= 15 is 0 Å². The van der Waals surface area contributed by atoms with Crippen LogP contribution in [0.25, 0.3) is 0 Å². The number of quaternary nitrogens is 1. The van der Waals surface area contributed by atoms with E-state index < -0.39 is 23.1 Å². The molecule has 0 aromatic heterocycles. The van der Waals surface area contributed by atoms with Crippen LogP contribution in [0.15, 0.2) is 34.3 Å². The number of nitrogens with one attached hydrogen (secondary N) is 2. The Balaban J connectivity index is 2.30. The molecule has 3 rings (SSSR count). The third-order valence-electron chi connectivity index (χ3n) is 6.02. The van der Waals surface area contributed by atoms with Crippen LogP contribution >= 0.6 is 15.9 Å². The van der Waals surface area contributed by atoms with E-state index in [1.165, 1.54) is 11.0 Å². The normalized spacial score (nSPS) is 28.5. The molecule has 0 bridgehead atoms. The molecule has 0 saturated heterocycles. The summed E-state index contributed by atoms with van der Waals surface area (Å²) in [6, 6.07) is 10.9. The first-order chi connectivity index (χ1) is 13.3. The van der Waals surface area contributed by atoms with Crippen LogP contribution < -0.4 is 4.90 Å². The summed E-state index contributed by atoms with van der Waals surface area (Å²) in [5.41, 5.74) is -1.16. The van der Waals surface area contributed by atoms with E-state index in [1.54, 1.807) is 12.1 Å². The van der Waals surface area contributed by atoms with Crippen molar-refractivity contribution in [3.05, 3.63) is 45.7 Å². The molecule has 2 aliphatic rings. The molecule has 0 spiro atoms. The summed E-state index contributed by atoms with van der Waals surface area (Å²) in [5, 5.41) is 38.3. The molecule has 1 saturated carbocycles. The Bertz CT molecular complexity index is 964. The zero-order chi connectivity index (χ0) is 20.6. The summed E-state index contributed by atoms with van der Waals surface area (Å²) in [4.78, 5) is 1.24. The van der Waals surface area contributed by atoms with E-state index in [1.807, 2.05) is 18.2 Å². The fourth-order valence-corrected chi connectivity index (χ4v) is 4.87. The molecule has 0 amide bonds. The summed E-state index contributed by atoms with van der Waals surface area (Å²) in [6.45, 7) is 5.44. The van der Waals surface area contributed by atoms with Gasteiger partial charge in [-0.1, -0.05) is 15.9 Å². The number of fused-ring (bicyclic) bond motifs is 1. The van der Waals surface area contributed by atoms with Crippen molar-refractivity contribution in [2.75, 3.05) is 13.1 Å². The summed E-state index contributed by atoms with van der Waals surface area (Å²) in [5.74, 6) is -2.66. The summed E-state index contributed by atoms with van der Waals surface area (Å²) >= 11 is 3.35. The molecule has 0 radical (unpaired) electrons. The van der Waals surface area contributed by atoms with Gasteiger partial charge in [0.05, 0.1) is 43.1 Å². The first-order valence-electron chi connectivity index (χ1n) is 9.11. The lowest BCUT2D eigenvalue weighted by Crippen LogP contribution is -3.16. The van der Waals surface area contributed by atoms with Crippen molar-refractivity contribution in [3.63, 3.8) is 0 Å². The van der Waals surface area contributed by atoms with Crippen LogP contribution in [0.3, 0.4) is 0 Å². The zero-order valence-electron chi connectivity index (χ0n) is 15.6. The molecule has 4 atom stereocenters. The molecule has 1 aliphatic heterocycles. The predicted octanol–water partition coefficient (Wildman–Crippen LogP) is 2.73. The van der Waals surface area contributed by atoms with Crippen molar-refractivity contribution >= 4 is 21.6 Å². The Labute approximate surface area is 172 Å². The third kappa shape index (κ3) is 2.94. The monoisotopic (exact) mass is 440 g/mol. The highest BCUT2D eigenvalue weighted by Crippen LogP contribution is 2.53. The fraction of sp³-hybridized carbons (Fsp3) is 0.429. The Kier molecular flexibility index (Phi) is 5.39. The van der Waals surface area contributed by atoms with Crippen molar-refractivity contribution in [2.45, 2.75) is 25.8 Å². The molecule has 28 heavy (non-hydrogen) atoms. The van der Waals surface area contributed by atoms with Crippen LogP contribution in [-0.4, -0.2) is 24.8 Å². The highest BCUT2D eigenvalue weighted by molar-refractivity contribution is 9.10. The van der Waals surface area contributed by atoms with Gasteiger partial charge in [0.2, 0.25) is 0 Å². The van der Waals surface area contributed by atoms with Crippen molar-refractivity contribution in [1.82, 2.24) is 0 Å². The van der Waals surface area contributed by atoms with E-state index in [4.69, 9.17) is 5.41 Å². The van der Waals surface area contributed by atoms with Crippen molar-refractivity contribution in [2.24, 2.45) is 17.3 Å². The van der Waals surface area contributed by atoms with Gasteiger partial charge in [0.25, 0.3) is 0 Å². The molecule has 1 fully saturated rings. The topological polar surface area (TPSA) is 99.7 Å². The Hall–Kier alpha value is -2.53. The van der Waals surface area contributed by atoms with Crippen LogP contribution in [0.1, 0.15) is 25.3 Å². The van der Waals surface area contributed by atoms with Crippen LogP contribution in [0.2, 0.25) is 0 Å². The molecular formula is C21H20BrFN5+. The number of hydrogen-bond donors (Lipinski definition) is 2. The molecular weight excluding hydrogens is 421 g/mol. The van der Waals surface area contributed by atoms with Gasteiger partial charge in [0.1, 0.15) is 11.7 Å². The number of benzene rings is 1. The van der Waals surface area contributed by atoms with E-state index in [2.05, 4.69) is 35.8 Å². The van der Waals surface area contributed by atoms with Crippen LogP contribution in [-0.2, 0) is 0 Å². The predicted molar refractivity (Wildman–Crippen MR) is 105 cm³/mol. The third-order valence-corrected chi connectivity index (χ3v) is 6.51. The second-order valence-electron chi connectivity index (χ2n) is 7.68. The van der Waals surface area contributed by atoms with Crippen molar-refractivity contribution in [3.8, 4) is 18.2 Å². The number of rotatable bonds is 2. The lowest BCUT2D eigenvalue weighted by molar-refractivity contribution is -0.920. The Morgan fingerprint density at radius 1 is 1.29 bits per heavy atom. The largest absolute Gasteiger partial charge is 0.329 e. The lowest BCUT2D eigenvalue weighted by Gasteiger charge is -2.47. The summed E-state index contributed by atoms with van der Waals surface area (Å²) in [6.07, 6.45) is 1.95. The minimum atomic E-state index is -1.89. The molecule has 5 nitrogen and oxygen atoms in total. The van der Waals surface area contributed by atoms with Crippen LogP contribution in [0.5, 0.6) is 0 Å². The molecule has 142 valence electrons. The van der Waals surface area contributed by atoms with E-state index in [0.29, 0.717) is 23.6 Å². The van der Waals surface area contributed by atoms with Gasteiger partial charge in [-0.3, -0.25) is 0 Å². The minimum Gasteiger partial charge on any atom is -0.329 e. The maximum atomic E-state index is 14.9. The molecule has 1 aliphatic carbocycles. The quantitative estimate of drug-likeness (QED) is 0.691. The van der Waals surface area contributed by atoms with Crippen molar-refractivity contribution in [1.29, 1.82) is 21.2 Å². The summed E-state index contributed by atoms with van der Waals surface area (Å²) < 4.78 is 15.5. The zero-order valence-corrected chi connectivity index (χ0v) is 17.2. The van der Waals surface area contributed by atoms with Gasteiger partial charge in [-0.05, 0) is 49.3 Å². The van der Waals surface area contributed by atoms with Crippen molar-refractivity contribution < 1.29 is 9.29 Å². The van der Waals surface area contributed by atoms with E-state index in [9.17, 15) is 20.2 Å². The van der Waals surface area contributed by atoms with Gasteiger partial charge in [-0.25, -0.2) is 4.39 Å². The molecule has 2 unspecified atom stereocenters. The van der Waals surface area contributed by atoms with Gasteiger partial charge < -0.3 is 10.3 Å². The maximum absolute atomic E-state index is 14.9. The summed E-state index contributed by atoms with van der Waals surface area (Å²) in [7, 11) is 0. The number of hydrogen-bond acceptors (Lipinski definition) is 4. The van der Waals surface area contributed by atoms with Gasteiger partial charge in [0, 0.05) is 16.3 Å². The molecule has 1 aromatic carbocycles. The molecule has 2 N–H and O–H groups in total. The highest BCUT2D eigenvalue weighted by atomic mass is 79.9. The maximum Gasteiger partial charge on any atom is 0.190 e. The first-order valence-corrected chi connectivity index (χ1v) is 9.90. The molecule has 7 heteroatoms. The van der Waals surface area contributed by atoms with Crippen LogP contribution in [0, 0.1) is 62.5 Å². The average Bonchev–Trinajstić information content (AvgIpc) is 2.69. The Morgan fingerprint density at radius 2 is 1.96 bits per heavy atom. The minimum absolute atomic E-state index is 0.236.